The van der Waals surface area contributed by atoms with E-state index in [0.717, 1.165) is 18.4 Å². The van der Waals surface area contributed by atoms with Crippen LogP contribution in [0, 0.1) is 11.8 Å². The Kier molecular flexibility index (Phi) is 13.8. The summed E-state index contributed by atoms with van der Waals surface area (Å²) < 4.78 is 0. The molecule has 8 nitrogen and oxygen atoms in total. The molecule has 0 saturated heterocycles. The molecule has 0 aliphatic heterocycles. The summed E-state index contributed by atoms with van der Waals surface area (Å²) in [5, 5.41) is 8.45. The van der Waals surface area contributed by atoms with Gasteiger partial charge in [0.15, 0.2) is 0 Å². The average Bonchev–Trinajstić information content (AvgIpc) is 2.80. The molecule has 0 saturated carbocycles. The number of amides is 3. The van der Waals surface area contributed by atoms with E-state index in [1.165, 1.54) is 0 Å². The van der Waals surface area contributed by atoms with Crippen molar-refractivity contribution in [2.24, 2.45) is 11.8 Å². The van der Waals surface area contributed by atoms with E-state index in [-0.39, 0.29) is 42.5 Å². The average molecular weight is 508 g/mol. The molecule has 0 radical (unpaired) electrons. The van der Waals surface area contributed by atoms with Crippen molar-refractivity contribution in [3.05, 3.63) is 35.9 Å². The molecule has 1 aromatic carbocycles. The molecular weight excluding hydrogens is 462 g/mol. The van der Waals surface area contributed by atoms with Crippen LogP contribution in [0.4, 0.5) is 0 Å². The van der Waals surface area contributed by atoms with E-state index in [9.17, 15) is 24.0 Å². The van der Waals surface area contributed by atoms with Crippen LogP contribution in [0.3, 0.4) is 0 Å². The fourth-order valence-electron chi connectivity index (χ4n) is 3.77. The first-order valence-electron chi connectivity index (χ1n) is 12.8. The summed E-state index contributed by atoms with van der Waals surface area (Å²) in [5.74, 6) is -0.971. The highest BCUT2D eigenvalue weighted by atomic mass is 28.4. The highest BCUT2D eigenvalue weighted by molar-refractivity contribution is 6.66. The van der Waals surface area contributed by atoms with Gasteiger partial charge < -0.3 is 25.5 Å². The Bertz CT molecular complexity index is 788. The number of carbonyl (C=O) groups excluding carboxylic acids is 3. The Morgan fingerprint density at radius 2 is 1.63 bits per heavy atom. The third kappa shape index (κ3) is 11.8. The molecule has 5 N–H and O–H groups in total. The summed E-state index contributed by atoms with van der Waals surface area (Å²) in [4.78, 5) is 60.0. The van der Waals surface area contributed by atoms with Gasteiger partial charge in [-0.25, -0.2) is 0 Å². The van der Waals surface area contributed by atoms with Crippen molar-refractivity contribution in [2.45, 2.75) is 90.9 Å². The molecule has 0 fully saturated rings. The largest absolute Gasteiger partial charge is 0.409 e. The first kappa shape index (κ1) is 30.8. The number of unbranched alkanes of at least 4 members (excludes halogenated alkanes) is 1. The molecule has 3 atom stereocenters. The predicted octanol–water partition coefficient (Wildman–Crippen LogP) is 2.56. The van der Waals surface area contributed by atoms with E-state index in [1.54, 1.807) is 0 Å². The number of rotatable bonds is 16. The molecular formula is C26H45N3O5Si. The first-order valence-corrected chi connectivity index (χ1v) is 15.0. The lowest BCUT2D eigenvalue weighted by atomic mass is 9.97. The van der Waals surface area contributed by atoms with Crippen molar-refractivity contribution >= 4 is 26.3 Å². The van der Waals surface area contributed by atoms with E-state index in [0.29, 0.717) is 19.4 Å². The molecule has 1 aromatic rings. The minimum Gasteiger partial charge on any atom is -0.409 e. The standard InChI is InChI=1S/C26H45N3O5Si/c1-6-8-15-27-22(30)14-16-35(33,34)24(17-19(3)4)29-26(32)25(20(5)7-2)28-23(31)18-21-12-10-9-11-13-21/h9-13,19-20,24-25,33-34H,6-8,14-18H2,1-5H3,(H,27,30)(H,28,31)(H,29,32)/t20-,24+,25-/m0/s1. The Labute approximate surface area is 211 Å². The number of hydrogen-bond acceptors (Lipinski definition) is 5. The fraction of sp³-hybridized carbons (Fsp3) is 0.654. The van der Waals surface area contributed by atoms with Gasteiger partial charge >= 0.3 is 8.56 Å². The molecule has 35 heavy (non-hydrogen) atoms. The summed E-state index contributed by atoms with van der Waals surface area (Å²) >= 11 is 0. The van der Waals surface area contributed by atoms with Gasteiger partial charge in [0.25, 0.3) is 0 Å². The summed E-state index contributed by atoms with van der Waals surface area (Å²) in [6, 6.07) is 8.42. The van der Waals surface area contributed by atoms with Crippen LogP contribution in [-0.2, 0) is 20.8 Å². The van der Waals surface area contributed by atoms with Crippen molar-refractivity contribution < 1.29 is 24.0 Å². The molecule has 0 spiro atoms. The Morgan fingerprint density at radius 3 is 2.20 bits per heavy atom. The van der Waals surface area contributed by atoms with Gasteiger partial charge in [0.05, 0.1) is 12.1 Å². The van der Waals surface area contributed by atoms with E-state index < -0.39 is 26.2 Å². The van der Waals surface area contributed by atoms with Gasteiger partial charge in [0.1, 0.15) is 6.04 Å². The summed E-state index contributed by atoms with van der Waals surface area (Å²) in [5.41, 5.74) is -0.00336. The van der Waals surface area contributed by atoms with E-state index in [4.69, 9.17) is 0 Å². The summed E-state index contributed by atoms with van der Waals surface area (Å²) in [7, 11) is -3.97. The van der Waals surface area contributed by atoms with Gasteiger partial charge in [-0.3, -0.25) is 14.4 Å². The number of hydrogen-bond donors (Lipinski definition) is 5. The van der Waals surface area contributed by atoms with Crippen molar-refractivity contribution in [3.8, 4) is 0 Å². The Balaban J connectivity index is 2.88. The molecule has 9 heteroatoms. The second-order valence-corrected chi connectivity index (χ2v) is 12.8. The molecule has 3 amide bonds. The maximum Gasteiger partial charge on any atom is 0.356 e. The van der Waals surface area contributed by atoms with Crippen molar-refractivity contribution in [3.63, 3.8) is 0 Å². The van der Waals surface area contributed by atoms with E-state index in [2.05, 4.69) is 16.0 Å². The molecule has 0 heterocycles. The smallest absolute Gasteiger partial charge is 0.356 e. The predicted molar refractivity (Wildman–Crippen MR) is 140 cm³/mol. The van der Waals surface area contributed by atoms with Gasteiger partial charge in [0, 0.05) is 19.0 Å². The van der Waals surface area contributed by atoms with Crippen LogP contribution in [0.2, 0.25) is 6.04 Å². The monoisotopic (exact) mass is 507 g/mol. The lowest BCUT2D eigenvalue weighted by Crippen LogP contribution is -2.62. The van der Waals surface area contributed by atoms with Crippen LogP contribution in [0.5, 0.6) is 0 Å². The maximum atomic E-state index is 13.3. The van der Waals surface area contributed by atoms with Gasteiger partial charge in [-0.2, -0.15) is 0 Å². The van der Waals surface area contributed by atoms with Crippen molar-refractivity contribution in [2.75, 3.05) is 6.54 Å². The molecule has 1 rings (SSSR count). The number of nitrogens with one attached hydrogen (secondary N) is 3. The number of carbonyl (C=O) groups is 3. The van der Waals surface area contributed by atoms with Gasteiger partial charge in [-0.15, -0.1) is 0 Å². The third-order valence-electron chi connectivity index (χ3n) is 6.17. The van der Waals surface area contributed by atoms with Crippen LogP contribution in [-0.4, -0.2) is 54.1 Å². The SMILES string of the molecule is CCCCNC(=O)CC[Si](O)(O)[C@H](CC(C)C)NC(=O)[C@@H](NC(=O)Cc1ccccc1)[C@@H](C)CC. The lowest BCUT2D eigenvalue weighted by Gasteiger charge is -2.33. The minimum atomic E-state index is -3.97. The van der Waals surface area contributed by atoms with Crippen LogP contribution in [0.1, 0.15) is 72.3 Å². The first-order chi connectivity index (χ1) is 16.5. The zero-order chi connectivity index (χ0) is 26.4. The second-order valence-electron chi connectivity index (χ2n) is 9.87. The van der Waals surface area contributed by atoms with Gasteiger partial charge in [-0.05, 0) is 30.2 Å². The van der Waals surface area contributed by atoms with Gasteiger partial charge in [0.2, 0.25) is 17.7 Å². The van der Waals surface area contributed by atoms with Crippen molar-refractivity contribution in [1.82, 2.24) is 16.0 Å². The quantitative estimate of drug-likeness (QED) is 0.174. The highest BCUT2D eigenvalue weighted by Gasteiger charge is 2.42. The zero-order valence-electron chi connectivity index (χ0n) is 22.0. The van der Waals surface area contributed by atoms with Crippen molar-refractivity contribution in [1.29, 1.82) is 0 Å². The molecule has 0 aromatic heterocycles. The van der Waals surface area contributed by atoms with Crippen LogP contribution in [0.15, 0.2) is 30.3 Å². The highest BCUT2D eigenvalue weighted by Crippen LogP contribution is 2.19. The topological polar surface area (TPSA) is 128 Å². The maximum absolute atomic E-state index is 13.3. The number of benzene rings is 1. The molecule has 0 aliphatic rings. The summed E-state index contributed by atoms with van der Waals surface area (Å²) in [6.07, 6.45) is 3.01. The normalized spacial score (nSPS) is 14.2. The molecule has 0 bridgehead atoms. The Morgan fingerprint density at radius 1 is 0.971 bits per heavy atom. The van der Waals surface area contributed by atoms with E-state index >= 15 is 0 Å². The van der Waals surface area contributed by atoms with E-state index in [1.807, 2.05) is 65.0 Å². The van der Waals surface area contributed by atoms with Crippen LogP contribution >= 0.6 is 0 Å². The van der Waals surface area contributed by atoms with Crippen LogP contribution < -0.4 is 16.0 Å². The van der Waals surface area contributed by atoms with Crippen LogP contribution in [0.25, 0.3) is 0 Å². The molecule has 0 unspecified atom stereocenters. The zero-order valence-corrected chi connectivity index (χ0v) is 23.0. The molecule has 0 aliphatic carbocycles. The fourth-order valence-corrected chi connectivity index (χ4v) is 5.93. The Hall–Kier alpha value is -2.23. The lowest BCUT2D eigenvalue weighted by molar-refractivity contribution is -0.130. The third-order valence-corrected chi connectivity index (χ3v) is 8.66. The van der Waals surface area contributed by atoms with Gasteiger partial charge in [-0.1, -0.05) is 77.8 Å². The minimum absolute atomic E-state index is 0.00396. The summed E-state index contributed by atoms with van der Waals surface area (Å²) in [6.45, 7) is 10.3. The second kappa shape index (κ2) is 15.7. The molecule has 198 valence electrons.